The summed E-state index contributed by atoms with van der Waals surface area (Å²) in [6.07, 6.45) is 12.2. The van der Waals surface area contributed by atoms with E-state index < -0.39 is 0 Å². The minimum absolute atomic E-state index is 0.190. The quantitative estimate of drug-likeness (QED) is 0.824. The van der Waals surface area contributed by atoms with Crippen LogP contribution in [0.15, 0.2) is 12.4 Å². The lowest BCUT2D eigenvalue weighted by atomic mass is 9.97. The molecule has 96 valence electrons. The van der Waals surface area contributed by atoms with Gasteiger partial charge in [0.25, 0.3) is 0 Å². The lowest BCUT2D eigenvalue weighted by Crippen LogP contribution is -2.11. The van der Waals surface area contributed by atoms with Crippen LogP contribution in [0.4, 0.5) is 0 Å². The molecule has 0 amide bonds. The molecule has 0 bridgehead atoms. The minimum Gasteiger partial charge on any atom is -0.393 e. The normalized spacial score (nSPS) is 18.7. The fourth-order valence-electron chi connectivity index (χ4n) is 2.79. The largest absolute Gasteiger partial charge is 0.393 e. The van der Waals surface area contributed by atoms with Gasteiger partial charge in [0.05, 0.1) is 12.3 Å². The molecule has 1 atom stereocenters. The Bertz CT molecular complexity index is 329. The molecule has 0 radical (unpaired) electrons. The Balaban J connectivity index is 1.70. The predicted octanol–water partition coefficient (Wildman–Crippen LogP) is 2.78. The Hall–Kier alpha value is -0.830. The minimum atomic E-state index is -0.190. The lowest BCUT2D eigenvalue weighted by Gasteiger charge is -2.12. The second kappa shape index (κ2) is 6.20. The molecule has 0 spiro atoms. The molecule has 3 heteroatoms. The van der Waals surface area contributed by atoms with Crippen molar-refractivity contribution < 1.29 is 5.11 Å². The van der Waals surface area contributed by atoms with Gasteiger partial charge in [-0.05, 0) is 31.2 Å². The maximum absolute atomic E-state index is 10.0. The van der Waals surface area contributed by atoms with Gasteiger partial charge in [0.2, 0.25) is 0 Å². The molecule has 0 saturated heterocycles. The van der Waals surface area contributed by atoms with E-state index in [0.717, 1.165) is 30.9 Å². The van der Waals surface area contributed by atoms with Gasteiger partial charge in [-0.25, -0.2) is 0 Å². The van der Waals surface area contributed by atoms with Crippen LogP contribution in [-0.4, -0.2) is 21.0 Å². The Morgan fingerprint density at radius 3 is 2.88 bits per heavy atom. The van der Waals surface area contributed by atoms with E-state index in [2.05, 4.69) is 12.0 Å². The summed E-state index contributed by atoms with van der Waals surface area (Å²) < 4.78 is 1.92. The van der Waals surface area contributed by atoms with Crippen LogP contribution in [0.5, 0.6) is 0 Å². The Morgan fingerprint density at radius 2 is 2.24 bits per heavy atom. The molecule has 2 rings (SSSR count). The van der Waals surface area contributed by atoms with Gasteiger partial charge in [0.15, 0.2) is 0 Å². The molecular formula is C14H24N2O. The fourth-order valence-corrected chi connectivity index (χ4v) is 2.79. The van der Waals surface area contributed by atoms with Crippen LogP contribution in [0.25, 0.3) is 0 Å². The molecule has 1 aromatic rings. The monoisotopic (exact) mass is 236 g/mol. The van der Waals surface area contributed by atoms with Crippen LogP contribution in [0.1, 0.15) is 51.0 Å². The Labute approximate surface area is 104 Å². The zero-order chi connectivity index (χ0) is 12.1. The molecule has 1 unspecified atom stereocenters. The summed E-state index contributed by atoms with van der Waals surface area (Å²) >= 11 is 0. The smallest absolute Gasteiger partial charge is 0.0581 e. The Morgan fingerprint density at radius 1 is 1.47 bits per heavy atom. The number of hydrogen-bond acceptors (Lipinski definition) is 2. The average Bonchev–Trinajstić information content (AvgIpc) is 2.97. The summed E-state index contributed by atoms with van der Waals surface area (Å²) in [4.78, 5) is 0. The zero-order valence-corrected chi connectivity index (χ0v) is 10.8. The van der Waals surface area contributed by atoms with E-state index in [1.807, 2.05) is 17.1 Å². The molecule has 3 nitrogen and oxygen atoms in total. The van der Waals surface area contributed by atoms with Crippen molar-refractivity contribution in [2.24, 2.45) is 5.92 Å². The van der Waals surface area contributed by atoms with Crippen molar-refractivity contribution in [2.75, 3.05) is 0 Å². The maximum Gasteiger partial charge on any atom is 0.0581 e. The van der Waals surface area contributed by atoms with Gasteiger partial charge in [-0.1, -0.05) is 25.7 Å². The number of hydrogen-bond donors (Lipinski definition) is 1. The maximum atomic E-state index is 10.0. The average molecular weight is 236 g/mol. The number of aliphatic hydroxyl groups excluding tert-OH is 1. The summed E-state index contributed by atoms with van der Waals surface area (Å²) in [5.41, 5.74) is 1.16. The molecule has 0 aromatic carbocycles. The van der Waals surface area contributed by atoms with E-state index in [-0.39, 0.29) is 6.10 Å². The van der Waals surface area contributed by atoms with Gasteiger partial charge in [-0.3, -0.25) is 4.68 Å². The van der Waals surface area contributed by atoms with Crippen molar-refractivity contribution >= 4 is 0 Å². The van der Waals surface area contributed by atoms with Gasteiger partial charge >= 0.3 is 0 Å². The number of aliphatic hydroxyl groups is 1. The molecule has 1 aliphatic carbocycles. The first-order valence-corrected chi connectivity index (χ1v) is 6.97. The third-order valence-corrected chi connectivity index (χ3v) is 3.86. The highest BCUT2D eigenvalue weighted by molar-refractivity contribution is 5.05. The number of rotatable bonds is 6. The van der Waals surface area contributed by atoms with Crippen molar-refractivity contribution in [1.29, 1.82) is 0 Å². The van der Waals surface area contributed by atoms with Crippen LogP contribution >= 0.6 is 0 Å². The molecule has 1 N–H and O–H groups in total. The summed E-state index contributed by atoms with van der Waals surface area (Å²) in [5, 5.41) is 14.2. The third-order valence-electron chi connectivity index (χ3n) is 3.86. The first-order chi connectivity index (χ1) is 8.28. The van der Waals surface area contributed by atoms with Crippen molar-refractivity contribution in [3.63, 3.8) is 0 Å². The summed E-state index contributed by atoms with van der Waals surface area (Å²) in [6, 6.07) is 0. The number of aromatic nitrogens is 2. The van der Waals surface area contributed by atoms with E-state index in [4.69, 9.17) is 0 Å². The van der Waals surface area contributed by atoms with Gasteiger partial charge in [-0.2, -0.15) is 5.10 Å². The molecule has 1 aliphatic rings. The highest BCUT2D eigenvalue weighted by Crippen LogP contribution is 2.29. The second-order valence-electron chi connectivity index (χ2n) is 5.29. The standard InChI is InChI=1S/C14H24N2O/c1-2-16-11-13(10-15-16)9-14(17)8-7-12-5-3-4-6-12/h10-12,14,17H,2-9H2,1H3. The van der Waals surface area contributed by atoms with Crippen LogP contribution in [-0.2, 0) is 13.0 Å². The van der Waals surface area contributed by atoms with Crippen molar-refractivity contribution in [3.8, 4) is 0 Å². The van der Waals surface area contributed by atoms with Gasteiger partial charge in [0.1, 0.15) is 0 Å². The SMILES string of the molecule is CCn1cc(CC(O)CCC2CCCC2)cn1. The van der Waals surface area contributed by atoms with Gasteiger partial charge in [-0.15, -0.1) is 0 Å². The van der Waals surface area contributed by atoms with Crippen LogP contribution < -0.4 is 0 Å². The summed E-state index contributed by atoms with van der Waals surface area (Å²) in [6.45, 7) is 2.98. The van der Waals surface area contributed by atoms with E-state index >= 15 is 0 Å². The summed E-state index contributed by atoms with van der Waals surface area (Å²) in [7, 11) is 0. The molecular weight excluding hydrogens is 212 g/mol. The summed E-state index contributed by atoms with van der Waals surface area (Å²) in [5.74, 6) is 0.878. The molecule has 1 saturated carbocycles. The molecule has 17 heavy (non-hydrogen) atoms. The van der Waals surface area contributed by atoms with Gasteiger partial charge in [0, 0.05) is 19.2 Å². The van der Waals surface area contributed by atoms with E-state index in [0.29, 0.717) is 0 Å². The first-order valence-electron chi connectivity index (χ1n) is 6.97. The molecule has 1 fully saturated rings. The van der Waals surface area contributed by atoms with E-state index in [1.54, 1.807) is 0 Å². The fraction of sp³-hybridized carbons (Fsp3) is 0.786. The zero-order valence-electron chi connectivity index (χ0n) is 10.8. The van der Waals surface area contributed by atoms with Crippen LogP contribution in [0.2, 0.25) is 0 Å². The third kappa shape index (κ3) is 3.84. The van der Waals surface area contributed by atoms with Crippen LogP contribution in [0, 0.1) is 5.92 Å². The van der Waals surface area contributed by atoms with Gasteiger partial charge < -0.3 is 5.11 Å². The first kappa shape index (κ1) is 12.6. The topological polar surface area (TPSA) is 38.0 Å². The highest BCUT2D eigenvalue weighted by Gasteiger charge is 2.16. The van der Waals surface area contributed by atoms with E-state index in [9.17, 15) is 5.11 Å². The van der Waals surface area contributed by atoms with Crippen molar-refractivity contribution in [1.82, 2.24) is 9.78 Å². The predicted molar refractivity (Wildman–Crippen MR) is 68.8 cm³/mol. The number of aryl methyl sites for hydroxylation is 1. The van der Waals surface area contributed by atoms with Crippen molar-refractivity contribution in [3.05, 3.63) is 18.0 Å². The lowest BCUT2D eigenvalue weighted by molar-refractivity contribution is 0.155. The molecule has 1 heterocycles. The van der Waals surface area contributed by atoms with Crippen LogP contribution in [0.3, 0.4) is 0 Å². The Kier molecular flexibility index (Phi) is 4.60. The highest BCUT2D eigenvalue weighted by atomic mass is 16.3. The van der Waals surface area contributed by atoms with E-state index in [1.165, 1.54) is 32.1 Å². The number of nitrogens with zero attached hydrogens (tertiary/aromatic N) is 2. The molecule has 0 aliphatic heterocycles. The second-order valence-corrected chi connectivity index (χ2v) is 5.29. The van der Waals surface area contributed by atoms with Crippen molar-refractivity contribution in [2.45, 2.75) is 64.5 Å². The molecule has 1 aromatic heterocycles.